The number of sulfone groups is 1. The molecule has 3 rings (SSSR count). The molecule has 1 aromatic carbocycles. The molecule has 2 aromatic heterocycles. The summed E-state index contributed by atoms with van der Waals surface area (Å²) >= 11 is 0. The van der Waals surface area contributed by atoms with E-state index in [1.807, 2.05) is 13.0 Å². The molecular weight excluding hydrogens is 344 g/mol. The summed E-state index contributed by atoms with van der Waals surface area (Å²) in [6.45, 7) is 1.96. The molecule has 0 amide bonds. The molecule has 0 bridgehead atoms. The zero-order valence-electron chi connectivity index (χ0n) is 13.6. The molecule has 130 valence electrons. The molecule has 0 atom stereocenters. The average molecular weight is 360 g/mol. The van der Waals surface area contributed by atoms with Gasteiger partial charge in [0.25, 0.3) is 0 Å². The first kappa shape index (κ1) is 17.0. The van der Waals surface area contributed by atoms with Crippen molar-refractivity contribution in [1.29, 1.82) is 0 Å². The molecule has 0 unspecified atom stereocenters. The fraction of sp³-hybridized carbons (Fsp3) is 0.176. The van der Waals surface area contributed by atoms with E-state index in [2.05, 4.69) is 9.97 Å². The summed E-state index contributed by atoms with van der Waals surface area (Å²) < 4.78 is 28.6. The van der Waals surface area contributed by atoms with Crippen molar-refractivity contribution in [3.8, 4) is 11.5 Å². The molecule has 2 heterocycles. The summed E-state index contributed by atoms with van der Waals surface area (Å²) in [6.07, 6.45) is 3.12. The Morgan fingerprint density at radius 1 is 1.24 bits per heavy atom. The Balaban J connectivity index is 1.97. The van der Waals surface area contributed by atoms with Gasteiger partial charge in [-0.3, -0.25) is 0 Å². The summed E-state index contributed by atoms with van der Waals surface area (Å²) in [5.41, 5.74) is 1.79. The molecule has 7 nitrogen and oxygen atoms in total. The topological polar surface area (TPSA) is 109 Å². The second kappa shape index (κ2) is 6.21. The van der Waals surface area contributed by atoms with Crippen LogP contribution in [0, 0.1) is 0 Å². The summed E-state index contributed by atoms with van der Waals surface area (Å²) in [5, 5.41) is 9.83. The van der Waals surface area contributed by atoms with Crippen LogP contribution in [0.4, 0.5) is 0 Å². The highest BCUT2D eigenvalue weighted by Gasteiger charge is 2.13. The third kappa shape index (κ3) is 3.48. The maximum absolute atomic E-state index is 11.4. The first-order valence-electron chi connectivity index (χ1n) is 7.51. The number of nitrogens with one attached hydrogen (secondary N) is 1. The van der Waals surface area contributed by atoms with Crippen LogP contribution in [-0.4, -0.2) is 35.7 Å². The van der Waals surface area contributed by atoms with Crippen molar-refractivity contribution >= 4 is 26.7 Å². The van der Waals surface area contributed by atoms with Crippen molar-refractivity contribution in [2.24, 2.45) is 0 Å². The Bertz CT molecular complexity index is 1050. The highest BCUT2D eigenvalue weighted by atomic mass is 32.2. The molecule has 2 N–H and O–H groups in total. The maximum Gasteiger partial charge on any atom is 0.352 e. The van der Waals surface area contributed by atoms with Gasteiger partial charge in [-0.25, -0.2) is 18.2 Å². The van der Waals surface area contributed by atoms with E-state index < -0.39 is 15.8 Å². The van der Waals surface area contributed by atoms with Crippen LogP contribution in [0.25, 0.3) is 10.9 Å². The van der Waals surface area contributed by atoms with Crippen molar-refractivity contribution in [3.63, 3.8) is 0 Å². The van der Waals surface area contributed by atoms with Gasteiger partial charge in [-0.05, 0) is 42.3 Å². The molecule has 0 aliphatic heterocycles. The number of nitrogens with zero attached hydrogens (tertiary/aromatic N) is 1. The lowest BCUT2D eigenvalue weighted by Gasteiger charge is -2.08. The molecule has 0 aliphatic carbocycles. The number of benzene rings is 1. The minimum atomic E-state index is -3.36. The number of hydrogen-bond acceptors (Lipinski definition) is 5. The van der Waals surface area contributed by atoms with E-state index in [9.17, 15) is 13.2 Å². The Kier molecular flexibility index (Phi) is 4.22. The third-order valence-electron chi connectivity index (χ3n) is 3.72. The van der Waals surface area contributed by atoms with E-state index in [0.717, 1.165) is 22.7 Å². The van der Waals surface area contributed by atoms with Gasteiger partial charge >= 0.3 is 5.97 Å². The summed E-state index contributed by atoms with van der Waals surface area (Å²) in [5.74, 6) is -0.113. The molecular formula is C17H16N2O5S. The van der Waals surface area contributed by atoms with Crippen LogP contribution in [0.2, 0.25) is 0 Å². The number of rotatable bonds is 5. The molecule has 0 radical (unpaired) electrons. The largest absolute Gasteiger partial charge is 0.477 e. The van der Waals surface area contributed by atoms with Gasteiger partial charge in [-0.15, -0.1) is 0 Å². The molecule has 0 spiro atoms. The number of hydrogen-bond donors (Lipinski definition) is 2. The van der Waals surface area contributed by atoms with Gasteiger partial charge < -0.3 is 14.8 Å². The van der Waals surface area contributed by atoms with Gasteiger partial charge in [0.1, 0.15) is 17.2 Å². The van der Waals surface area contributed by atoms with Crippen LogP contribution in [0.15, 0.2) is 41.6 Å². The first-order valence-corrected chi connectivity index (χ1v) is 9.40. The first-order chi connectivity index (χ1) is 11.8. The minimum Gasteiger partial charge on any atom is -0.477 e. The zero-order chi connectivity index (χ0) is 18.2. The normalized spacial score (nSPS) is 11.6. The highest BCUT2D eigenvalue weighted by Crippen LogP contribution is 2.29. The number of aromatic carboxylic acids is 1. The van der Waals surface area contributed by atoms with Crippen molar-refractivity contribution in [1.82, 2.24) is 9.97 Å². The van der Waals surface area contributed by atoms with E-state index in [-0.39, 0.29) is 10.7 Å². The van der Waals surface area contributed by atoms with E-state index in [0.29, 0.717) is 17.9 Å². The Morgan fingerprint density at radius 2 is 2.00 bits per heavy atom. The van der Waals surface area contributed by atoms with Gasteiger partial charge in [0, 0.05) is 17.2 Å². The molecule has 0 fully saturated rings. The number of aromatic amines is 1. The minimum absolute atomic E-state index is 0.0266. The highest BCUT2D eigenvalue weighted by molar-refractivity contribution is 7.90. The number of carboxylic acids is 1. The predicted molar refractivity (Wildman–Crippen MR) is 92.1 cm³/mol. The van der Waals surface area contributed by atoms with Gasteiger partial charge in [-0.1, -0.05) is 6.92 Å². The van der Waals surface area contributed by atoms with E-state index in [1.54, 1.807) is 12.1 Å². The SMILES string of the molecule is CCc1cc(Oc2ccc(S(C)(=O)=O)nc2)cc2cc(C(=O)O)[nH]c12. The summed E-state index contributed by atoms with van der Waals surface area (Å²) in [6, 6.07) is 7.99. The number of aryl methyl sites for hydroxylation is 1. The number of fused-ring (bicyclic) bond motifs is 1. The lowest BCUT2D eigenvalue weighted by molar-refractivity contribution is 0.0691. The van der Waals surface area contributed by atoms with Gasteiger partial charge in [0.2, 0.25) is 0 Å². The average Bonchev–Trinajstić information content (AvgIpc) is 2.98. The fourth-order valence-electron chi connectivity index (χ4n) is 2.52. The van der Waals surface area contributed by atoms with Gasteiger partial charge in [-0.2, -0.15) is 0 Å². The van der Waals surface area contributed by atoms with Crippen LogP contribution in [0.3, 0.4) is 0 Å². The standard InChI is InChI=1S/C17H16N2O5S/c1-3-10-6-13(7-11-8-14(17(20)21)19-16(10)11)24-12-4-5-15(18-9-12)25(2,22)23/h4-9,19H,3H2,1-2H3,(H,20,21). The number of H-pyrrole nitrogens is 1. The van der Waals surface area contributed by atoms with Crippen molar-refractivity contribution in [2.45, 2.75) is 18.4 Å². The predicted octanol–water partition coefficient (Wildman–Crippen LogP) is 3.02. The lowest BCUT2D eigenvalue weighted by atomic mass is 10.1. The Morgan fingerprint density at radius 3 is 2.56 bits per heavy atom. The lowest BCUT2D eigenvalue weighted by Crippen LogP contribution is -1.99. The van der Waals surface area contributed by atoms with Gasteiger partial charge in [0.05, 0.1) is 6.20 Å². The van der Waals surface area contributed by atoms with Crippen LogP contribution in [0.1, 0.15) is 23.0 Å². The van der Waals surface area contributed by atoms with Crippen LogP contribution in [0.5, 0.6) is 11.5 Å². The van der Waals surface area contributed by atoms with Crippen LogP contribution < -0.4 is 4.74 Å². The Hall–Kier alpha value is -2.87. The van der Waals surface area contributed by atoms with Crippen molar-refractivity contribution < 1.29 is 23.1 Å². The zero-order valence-corrected chi connectivity index (χ0v) is 14.4. The Labute approximate surface area is 144 Å². The second-order valence-corrected chi connectivity index (χ2v) is 7.56. The van der Waals surface area contributed by atoms with Crippen molar-refractivity contribution in [3.05, 3.63) is 47.8 Å². The molecule has 8 heteroatoms. The molecule has 0 saturated heterocycles. The van der Waals surface area contributed by atoms with Crippen LogP contribution in [-0.2, 0) is 16.3 Å². The van der Waals surface area contributed by atoms with E-state index in [4.69, 9.17) is 9.84 Å². The van der Waals surface area contributed by atoms with Crippen molar-refractivity contribution in [2.75, 3.05) is 6.26 Å². The molecule has 25 heavy (non-hydrogen) atoms. The number of pyridine rings is 1. The van der Waals surface area contributed by atoms with Gasteiger partial charge in [0.15, 0.2) is 14.9 Å². The fourth-order valence-corrected chi connectivity index (χ4v) is 3.08. The second-order valence-electron chi connectivity index (χ2n) is 5.59. The maximum atomic E-state index is 11.4. The summed E-state index contributed by atoms with van der Waals surface area (Å²) in [7, 11) is -3.36. The quantitative estimate of drug-likeness (QED) is 0.724. The van der Waals surface area contributed by atoms with E-state index >= 15 is 0 Å². The monoisotopic (exact) mass is 360 g/mol. The number of carbonyl (C=O) groups is 1. The van der Waals surface area contributed by atoms with Crippen LogP contribution >= 0.6 is 0 Å². The molecule has 0 aliphatic rings. The number of carboxylic acid groups (broad SMARTS) is 1. The third-order valence-corrected chi connectivity index (χ3v) is 4.72. The molecule has 0 saturated carbocycles. The number of aromatic nitrogens is 2. The summed E-state index contributed by atoms with van der Waals surface area (Å²) in [4.78, 5) is 17.9. The van der Waals surface area contributed by atoms with E-state index in [1.165, 1.54) is 18.3 Å². The molecule has 3 aromatic rings. The number of ether oxygens (including phenoxy) is 1. The smallest absolute Gasteiger partial charge is 0.352 e.